The lowest BCUT2D eigenvalue weighted by molar-refractivity contribution is 0.409. The first kappa shape index (κ1) is 14.1. The molecule has 1 N–H and O–H groups in total. The Morgan fingerprint density at radius 1 is 1.35 bits per heavy atom. The molecule has 0 saturated carbocycles. The van der Waals surface area contributed by atoms with Crippen molar-refractivity contribution in [1.82, 2.24) is 20.2 Å². The molecule has 96 valence electrons. The van der Waals surface area contributed by atoms with Crippen molar-refractivity contribution in [1.29, 1.82) is 0 Å². The van der Waals surface area contributed by atoms with Crippen LogP contribution in [-0.2, 0) is 13.0 Å². The smallest absolute Gasteiger partial charge is 0.129 e. The van der Waals surface area contributed by atoms with E-state index in [1.54, 1.807) is 0 Å². The molecule has 0 saturated heterocycles. The summed E-state index contributed by atoms with van der Waals surface area (Å²) in [7, 11) is 4.13. The quantitative estimate of drug-likeness (QED) is 0.775. The van der Waals surface area contributed by atoms with E-state index in [-0.39, 0.29) is 0 Å². The maximum atomic E-state index is 4.54. The van der Waals surface area contributed by atoms with E-state index in [1.165, 1.54) is 0 Å². The molecule has 1 aromatic rings. The summed E-state index contributed by atoms with van der Waals surface area (Å²) < 4.78 is 0. The zero-order chi connectivity index (χ0) is 12.7. The zero-order valence-corrected chi connectivity index (χ0v) is 11.4. The Bertz CT molecular complexity index is 323. The molecule has 0 aliphatic carbocycles. The molecule has 0 radical (unpaired) electrons. The van der Waals surface area contributed by atoms with Crippen molar-refractivity contribution in [3.8, 4) is 0 Å². The second-order valence-corrected chi connectivity index (χ2v) is 5.04. The number of nitrogens with one attached hydrogen (secondary N) is 1. The summed E-state index contributed by atoms with van der Waals surface area (Å²) in [6.45, 7) is 7.25. The van der Waals surface area contributed by atoms with Gasteiger partial charge in [0.1, 0.15) is 5.82 Å². The Hall–Kier alpha value is -1.00. The van der Waals surface area contributed by atoms with Gasteiger partial charge in [0.25, 0.3) is 0 Å². The normalized spacial score (nSPS) is 11.4. The van der Waals surface area contributed by atoms with Gasteiger partial charge in [-0.15, -0.1) is 0 Å². The van der Waals surface area contributed by atoms with Gasteiger partial charge in [-0.25, -0.2) is 9.97 Å². The van der Waals surface area contributed by atoms with Crippen molar-refractivity contribution in [2.24, 2.45) is 5.92 Å². The van der Waals surface area contributed by atoms with Gasteiger partial charge in [-0.1, -0.05) is 13.8 Å². The van der Waals surface area contributed by atoms with Crippen LogP contribution in [0, 0.1) is 5.92 Å². The molecule has 0 unspecified atom stereocenters. The molecule has 1 rings (SSSR count). The number of nitrogens with zero attached hydrogens (tertiary/aromatic N) is 3. The Morgan fingerprint density at radius 3 is 2.76 bits per heavy atom. The van der Waals surface area contributed by atoms with E-state index in [0.717, 1.165) is 37.6 Å². The van der Waals surface area contributed by atoms with Crippen molar-refractivity contribution in [2.45, 2.75) is 26.8 Å². The molecule has 17 heavy (non-hydrogen) atoms. The molecule has 0 aliphatic rings. The van der Waals surface area contributed by atoms with Gasteiger partial charge in [0.05, 0.1) is 5.69 Å². The average Bonchev–Trinajstić information content (AvgIpc) is 2.26. The first-order valence-electron chi connectivity index (χ1n) is 6.24. The summed E-state index contributed by atoms with van der Waals surface area (Å²) >= 11 is 0. The lowest BCUT2D eigenvalue weighted by atomic mass is 10.2. The van der Waals surface area contributed by atoms with Crippen LogP contribution < -0.4 is 5.32 Å². The fraction of sp³-hybridized carbons (Fsp3) is 0.692. The average molecular weight is 236 g/mol. The SMILES string of the molecule is CC(C)CNCc1ccnc(CCN(C)C)n1. The lowest BCUT2D eigenvalue weighted by Gasteiger charge is -2.10. The summed E-state index contributed by atoms with van der Waals surface area (Å²) in [5, 5.41) is 3.39. The summed E-state index contributed by atoms with van der Waals surface area (Å²) in [6, 6.07) is 1.98. The van der Waals surface area contributed by atoms with Crippen LogP contribution >= 0.6 is 0 Å². The number of hydrogen-bond donors (Lipinski definition) is 1. The van der Waals surface area contributed by atoms with Crippen LogP contribution in [0.3, 0.4) is 0 Å². The van der Waals surface area contributed by atoms with Crippen molar-refractivity contribution in [3.05, 3.63) is 23.8 Å². The molecule has 0 aromatic carbocycles. The van der Waals surface area contributed by atoms with Gasteiger partial charge < -0.3 is 10.2 Å². The minimum absolute atomic E-state index is 0.671. The molecule has 1 heterocycles. The van der Waals surface area contributed by atoms with Crippen molar-refractivity contribution >= 4 is 0 Å². The van der Waals surface area contributed by atoms with Gasteiger partial charge in [0.2, 0.25) is 0 Å². The van der Waals surface area contributed by atoms with Crippen LogP contribution in [0.4, 0.5) is 0 Å². The second kappa shape index (κ2) is 7.35. The first-order chi connectivity index (χ1) is 8.08. The molecule has 0 bridgehead atoms. The number of likely N-dealkylation sites (N-methyl/N-ethyl adjacent to an activating group) is 1. The molecule has 0 fully saturated rings. The number of hydrogen-bond acceptors (Lipinski definition) is 4. The van der Waals surface area contributed by atoms with Crippen LogP contribution in [0.25, 0.3) is 0 Å². The molecular weight excluding hydrogens is 212 g/mol. The van der Waals surface area contributed by atoms with Crippen LogP contribution in [0.5, 0.6) is 0 Å². The molecule has 0 atom stereocenters. The molecule has 0 amide bonds. The fourth-order valence-corrected chi connectivity index (χ4v) is 1.47. The van der Waals surface area contributed by atoms with Crippen LogP contribution in [0.15, 0.2) is 12.3 Å². The van der Waals surface area contributed by atoms with E-state index in [2.05, 4.69) is 48.1 Å². The van der Waals surface area contributed by atoms with E-state index >= 15 is 0 Å². The molecular formula is C13H24N4. The molecule has 4 heteroatoms. The van der Waals surface area contributed by atoms with E-state index < -0.39 is 0 Å². The summed E-state index contributed by atoms with van der Waals surface area (Å²) in [6.07, 6.45) is 2.76. The van der Waals surface area contributed by atoms with Gasteiger partial charge in [-0.2, -0.15) is 0 Å². The van der Waals surface area contributed by atoms with Gasteiger partial charge in [-0.05, 0) is 32.6 Å². The maximum Gasteiger partial charge on any atom is 0.129 e. The second-order valence-electron chi connectivity index (χ2n) is 5.04. The summed E-state index contributed by atoms with van der Waals surface area (Å²) in [5.41, 5.74) is 1.08. The zero-order valence-electron chi connectivity index (χ0n) is 11.4. The Balaban J connectivity index is 2.42. The summed E-state index contributed by atoms with van der Waals surface area (Å²) in [4.78, 5) is 11.0. The monoisotopic (exact) mass is 236 g/mol. The van der Waals surface area contributed by atoms with E-state index in [0.29, 0.717) is 5.92 Å². The fourth-order valence-electron chi connectivity index (χ4n) is 1.47. The van der Waals surface area contributed by atoms with Crippen molar-refractivity contribution in [3.63, 3.8) is 0 Å². The Kier molecular flexibility index (Phi) is 6.08. The van der Waals surface area contributed by atoms with E-state index in [9.17, 15) is 0 Å². The third kappa shape index (κ3) is 6.34. The maximum absolute atomic E-state index is 4.54. The summed E-state index contributed by atoms with van der Waals surface area (Å²) in [5.74, 6) is 1.60. The highest BCUT2D eigenvalue weighted by molar-refractivity contribution is 5.02. The number of rotatable bonds is 7. The lowest BCUT2D eigenvalue weighted by Crippen LogP contribution is -2.20. The number of aromatic nitrogens is 2. The third-order valence-electron chi connectivity index (χ3n) is 2.40. The van der Waals surface area contributed by atoms with Gasteiger partial charge in [0.15, 0.2) is 0 Å². The minimum Gasteiger partial charge on any atom is -0.311 e. The Morgan fingerprint density at radius 2 is 2.12 bits per heavy atom. The van der Waals surface area contributed by atoms with Crippen molar-refractivity contribution in [2.75, 3.05) is 27.2 Å². The molecule has 1 aromatic heterocycles. The largest absolute Gasteiger partial charge is 0.311 e. The highest BCUT2D eigenvalue weighted by Gasteiger charge is 2.01. The first-order valence-corrected chi connectivity index (χ1v) is 6.24. The highest BCUT2D eigenvalue weighted by atomic mass is 15.1. The van der Waals surface area contributed by atoms with Gasteiger partial charge >= 0.3 is 0 Å². The van der Waals surface area contributed by atoms with Gasteiger partial charge in [-0.3, -0.25) is 0 Å². The van der Waals surface area contributed by atoms with Crippen LogP contribution in [0.1, 0.15) is 25.4 Å². The molecule has 4 nitrogen and oxygen atoms in total. The minimum atomic E-state index is 0.671. The van der Waals surface area contributed by atoms with Gasteiger partial charge in [0, 0.05) is 25.7 Å². The topological polar surface area (TPSA) is 41.1 Å². The van der Waals surface area contributed by atoms with Crippen molar-refractivity contribution < 1.29 is 0 Å². The predicted octanol–water partition coefficient (Wildman–Crippen LogP) is 1.33. The molecule has 0 spiro atoms. The predicted molar refractivity (Wildman–Crippen MR) is 70.8 cm³/mol. The van der Waals surface area contributed by atoms with E-state index in [4.69, 9.17) is 0 Å². The van der Waals surface area contributed by atoms with Crippen LogP contribution in [0.2, 0.25) is 0 Å². The highest BCUT2D eigenvalue weighted by Crippen LogP contribution is 1.98. The standard InChI is InChI=1S/C13H24N4/c1-11(2)9-14-10-12-5-7-15-13(16-12)6-8-17(3)4/h5,7,11,14H,6,8-10H2,1-4H3. The van der Waals surface area contributed by atoms with Crippen LogP contribution in [-0.4, -0.2) is 42.1 Å². The molecule has 0 aliphatic heterocycles. The third-order valence-corrected chi connectivity index (χ3v) is 2.40. The van der Waals surface area contributed by atoms with E-state index in [1.807, 2.05) is 12.3 Å². The Labute approximate surface area is 104 Å².